The molecule has 3 rings (SSSR count). The SMILES string of the molecule is CCCN1CC=C2C(C#N)C(=N)C(C#N)(C#N)[C@H](c3ccccc3Cl)[C@@H]2C1. The standard InChI is InChI=1S/C21H20ClN5/c1-2-8-27-9-7-14-16(10-23)20(26)21(12-24,13-25)19(17(14)11-27)15-5-3-4-6-18(15)22/h3-7,16-17,19,26H,2,8-9,11H2,1H3/t16?,17-,19-/m1/s1. The highest BCUT2D eigenvalue weighted by Gasteiger charge is 2.58. The van der Waals surface area contributed by atoms with Crippen LogP contribution in [0.4, 0.5) is 0 Å². The van der Waals surface area contributed by atoms with Crippen molar-refractivity contribution in [3.63, 3.8) is 0 Å². The molecule has 1 N–H and O–H groups in total. The van der Waals surface area contributed by atoms with Crippen molar-refractivity contribution in [3.05, 3.63) is 46.5 Å². The minimum atomic E-state index is -1.71. The van der Waals surface area contributed by atoms with E-state index in [-0.39, 0.29) is 11.6 Å². The number of hydrogen-bond acceptors (Lipinski definition) is 5. The van der Waals surface area contributed by atoms with Gasteiger partial charge in [-0.05, 0) is 30.2 Å². The molecule has 1 aromatic carbocycles. The Morgan fingerprint density at radius 1 is 1.26 bits per heavy atom. The Kier molecular flexibility index (Phi) is 5.33. The van der Waals surface area contributed by atoms with E-state index in [2.05, 4.69) is 30.0 Å². The Labute approximate surface area is 164 Å². The first-order valence-corrected chi connectivity index (χ1v) is 9.39. The molecule has 1 aliphatic carbocycles. The molecule has 0 aromatic heterocycles. The molecule has 27 heavy (non-hydrogen) atoms. The summed E-state index contributed by atoms with van der Waals surface area (Å²) >= 11 is 6.46. The zero-order valence-electron chi connectivity index (χ0n) is 15.1. The van der Waals surface area contributed by atoms with Gasteiger partial charge in [0.1, 0.15) is 5.92 Å². The van der Waals surface area contributed by atoms with Gasteiger partial charge < -0.3 is 5.41 Å². The number of rotatable bonds is 3. The molecular formula is C21H20ClN5. The fraction of sp³-hybridized carbons (Fsp3) is 0.429. The van der Waals surface area contributed by atoms with E-state index in [9.17, 15) is 15.8 Å². The maximum absolute atomic E-state index is 10.0. The molecule has 2 aliphatic rings. The first-order valence-electron chi connectivity index (χ1n) is 9.01. The summed E-state index contributed by atoms with van der Waals surface area (Å²) in [5, 5.41) is 38.8. The fourth-order valence-corrected chi connectivity index (χ4v) is 4.69. The molecule has 0 bridgehead atoms. The minimum Gasteiger partial charge on any atom is -0.305 e. The Bertz CT molecular complexity index is 900. The van der Waals surface area contributed by atoms with Crippen LogP contribution < -0.4 is 0 Å². The summed E-state index contributed by atoms with van der Waals surface area (Å²) in [6.45, 7) is 4.36. The van der Waals surface area contributed by atoms with Gasteiger partial charge in [-0.1, -0.05) is 42.8 Å². The van der Waals surface area contributed by atoms with Crippen LogP contribution >= 0.6 is 11.6 Å². The molecule has 1 aromatic rings. The average molecular weight is 378 g/mol. The molecule has 3 atom stereocenters. The number of hydrogen-bond donors (Lipinski definition) is 1. The summed E-state index contributed by atoms with van der Waals surface area (Å²) in [6, 6.07) is 13.6. The predicted octanol–water partition coefficient (Wildman–Crippen LogP) is 3.90. The van der Waals surface area contributed by atoms with E-state index in [1.54, 1.807) is 12.1 Å². The van der Waals surface area contributed by atoms with Gasteiger partial charge >= 0.3 is 0 Å². The number of benzene rings is 1. The molecule has 0 saturated heterocycles. The Balaban J connectivity index is 2.24. The second-order valence-electron chi connectivity index (χ2n) is 7.08. The van der Waals surface area contributed by atoms with Crippen molar-refractivity contribution in [3.8, 4) is 18.2 Å². The van der Waals surface area contributed by atoms with Crippen molar-refractivity contribution in [2.45, 2.75) is 19.3 Å². The molecule has 0 spiro atoms. The molecule has 6 heteroatoms. The van der Waals surface area contributed by atoms with E-state index in [1.807, 2.05) is 18.2 Å². The maximum atomic E-state index is 10.0. The van der Waals surface area contributed by atoms with Crippen LogP contribution in [0.5, 0.6) is 0 Å². The highest BCUT2D eigenvalue weighted by molar-refractivity contribution is 6.31. The van der Waals surface area contributed by atoms with Crippen LogP contribution in [0.2, 0.25) is 5.02 Å². The van der Waals surface area contributed by atoms with Crippen LogP contribution in [0, 0.1) is 56.7 Å². The van der Waals surface area contributed by atoms with Crippen LogP contribution in [0.25, 0.3) is 0 Å². The molecule has 0 amide bonds. The quantitative estimate of drug-likeness (QED) is 0.807. The second kappa shape index (κ2) is 7.53. The van der Waals surface area contributed by atoms with E-state index >= 15 is 0 Å². The van der Waals surface area contributed by atoms with Crippen LogP contribution in [0.3, 0.4) is 0 Å². The van der Waals surface area contributed by atoms with Gasteiger partial charge in [0.25, 0.3) is 0 Å². The van der Waals surface area contributed by atoms with E-state index in [0.29, 0.717) is 23.7 Å². The molecule has 1 aliphatic heterocycles. The molecule has 1 saturated carbocycles. The Morgan fingerprint density at radius 3 is 2.56 bits per heavy atom. The van der Waals surface area contributed by atoms with Crippen molar-refractivity contribution in [2.75, 3.05) is 19.6 Å². The molecule has 1 heterocycles. The number of fused-ring (bicyclic) bond motifs is 1. The van der Waals surface area contributed by atoms with Gasteiger partial charge in [-0.25, -0.2) is 0 Å². The van der Waals surface area contributed by atoms with Crippen molar-refractivity contribution in [1.82, 2.24) is 4.90 Å². The Hall–Kier alpha value is -2.65. The van der Waals surface area contributed by atoms with E-state index in [0.717, 1.165) is 18.5 Å². The lowest BCUT2D eigenvalue weighted by Gasteiger charge is -2.48. The highest BCUT2D eigenvalue weighted by Crippen LogP contribution is 2.54. The monoisotopic (exact) mass is 377 g/mol. The number of nitriles is 3. The van der Waals surface area contributed by atoms with Gasteiger partial charge in [-0.3, -0.25) is 4.90 Å². The van der Waals surface area contributed by atoms with Crippen LogP contribution in [-0.4, -0.2) is 30.2 Å². The summed E-state index contributed by atoms with van der Waals surface area (Å²) in [5.74, 6) is -1.62. The fourth-order valence-electron chi connectivity index (χ4n) is 4.44. The van der Waals surface area contributed by atoms with Gasteiger partial charge in [0.05, 0.1) is 23.9 Å². The summed E-state index contributed by atoms with van der Waals surface area (Å²) in [6.07, 6.45) is 3.00. The first kappa shape index (κ1) is 19.1. The topological polar surface area (TPSA) is 98.5 Å². The molecule has 1 unspecified atom stereocenters. The smallest absolute Gasteiger partial charge is 0.189 e. The second-order valence-corrected chi connectivity index (χ2v) is 7.48. The predicted molar refractivity (Wildman–Crippen MR) is 103 cm³/mol. The normalized spacial score (nSPS) is 26.9. The molecule has 5 nitrogen and oxygen atoms in total. The highest BCUT2D eigenvalue weighted by atomic mass is 35.5. The minimum absolute atomic E-state index is 0.133. The summed E-state index contributed by atoms with van der Waals surface area (Å²) in [7, 11) is 0. The number of nitrogens with one attached hydrogen (secondary N) is 1. The maximum Gasteiger partial charge on any atom is 0.189 e. The van der Waals surface area contributed by atoms with Crippen molar-refractivity contribution in [2.24, 2.45) is 17.3 Å². The largest absolute Gasteiger partial charge is 0.305 e. The van der Waals surface area contributed by atoms with Gasteiger partial charge in [0.15, 0.2) is 5.41 Å². The molecule has 136 valence electrons. The Morgan fingerprint density at radius 2 is 1.96 bits per heavy atom. The van der Waals surface area contributed by atoms with Gasteiger partial charge in [0, 0.05) is 29.9 Å². The molecule has 1 fully saturated rings. The van der Waals surface area contributed by atoms with Gasteiger partial charge in [-0.15, -0.1) is 0 Å². The first-order chi connectivity index (χ1) is 13.0. The van der Waals surface area contributed by atoms with E-state index in [4.69, 9.17) is 17.0 Å². The van der Waals surface area contributed by atoms with E-state index in [1.165, 1.54) is 0 Å². The third-order valence-electron chi connectivity index (χ3n) is 5.65. The molecule has 0 radical (unpaired) electrons. The van der Waals surface area contributed by atoms with Crippen LogP contribution in [-0.2, 0) is 0 Å². The lowest BCUT2D eigenvalue weighted by molar-refractivity contribution is 0.204. The summed E-state index contributed by atoms with van der Waals surface area (Å²) in [5.41, 5.74) is -0.298. The number of nitrogens with zero attached hydrogens (tertiary/aromatic N) is 4. The lowest BCUT2D eigenvalue weighted by Crippen LogP contribution is -2.53. The number of halogens is 1. The third kappa shape index (κ3) is 2.92. The third-order valence-corrected chi connectivity index (χ3v) is 5.99. The van der Waals surface area contributed by atoms with E-state index < -0.39 is 17.3 Å². The summed E-state index contributed by atoms with van der Waals surface area (Å²) < 4.78 is 0. The van der Waals surface area contributed by atoms with Crippen molar-refractivity contribution < 1.29 is 0 Å². The van der Waals surface area contributed by atoms with Gasteiger partial charge in [-0.2, -0.15) is 15.8 Å². The lowest BCUT2D eigenvalue weighted by atomic mass is 9.54. The van der Waals surface area contributed by atoms with Gasteiger partial charge in [0.2, 0.25) is 0 Å². The van der Waals surface area contributed by atoms with Crippen LogP contribution in [0.1, 0.15) is 24.8 Å². The van der Waals surface area contributed by atoms with Crippen LogP contribution in [0.15, 0.2) is 35.9 Å². The summed E-state index contributed by atoms with van der Waals surface area (Å²) in [4.78, 5) is 2.26. The van der Waals surface area contributed by atoms with Crippen molar-refractivity contribution >= 4 is 17.3 Å². The zero-order chi connectivity index (χ0) is 19.6. The average Bonchev–Trinajstić information content (AvgIpc) is 2.68. The van der Waals surface area contributed by atoms with Crippen molar-refractivity contribution in [1.29, 1.82) is 21.2 Å². The zero-order valence-corrected chi connectivity index (χ0v) is 15.9. The molecular weight excluding hydrogens is 358 g/mol.